The molecule has 0 amide bonds. The fourth-order valence-corrected chi connectivity index (χ4v) is 1.86. The topological polar surface area (TPSA) is 47.6 Å². The Labute approximate surface area is 107 Å². The highest BCUT2D eigenvalue weighted by Gasteiger charge is 2.33. The minimum absolute atomic E-state index is 0.114. The molecule has 0 aromatic heterocycles. The fraction of sp³-hybridized carbons (Fsp3) is 0.417. The Hall–Kier alpha value is -1.79. The largest absolute Gasteiger partial charge is 0.463 e. The third-order valence-corrected chi connectivity index (χ3v) is 2.84. The second kappa shape index (κ2) is 5.07. The molecule has 0 aliphatic carbocycles. The van der Waals surface area contributed by atoms with Gasteiger partial charge in [-0.25, -0.2) is 9.38 Å². The maximum absolute atomic E-state index is 13.3. The number of aliphatic imine (C=N–C) groups is 1. The SMILES string of the molecule is NC1=NC(CCc2ccc(C(F)(F)F)c(F)c2)CO1. The van der Waals surface area contributed by atoms with E-state index in [1.54, 1.807) is 0 Å². The molecule has 0 fully saturated rings. The number of aryl methyl sites for hydroxylation is 1. The summed E-state index contributed by atoms with van der Waals surface area (Å²) in [4.78, 5) is 3.98. The first-order valence-corrected chi connectivity index (χ1v) is 5.68. The van der Waals surface area contributed by atoms with Crippen LogP contribution in [0.2, 0.25) is 0 Å². The molecule has 1 heterocycles. The lowest BCUT2D eigenvalue weighted by atomic mass is 10.0. The van der Waals surface area contributed by atoms with Crippen LogP contribution in [0, 0.1) is 5.82 Å². The first kappa shape index (κ1) is 13.6. The predicted octanol–water partition coefficient (Wildman–Crippen LogP) is 2.49. The van der Waals surface area contributed by atoms with Crippen molar-refractivity contribution in [3.63, 3.8) is 0 Å². The molecule has 1 aliphatic heterocycles. The normalized spacial score (nSPS) is 19.2. The standard InChI is InChI=1S/C12H12F4N2O/c13-10-5-7(2-4-9(10)12(14,15)16)1-3-8-6-19-11(17)18-8/h2,4-5,8H,1,3,6H2,(H2,17,18). The van der Waals surface area contributed by atoms with E-state index in [-0.39, 0.29) is 12.1 Å². The first-order chi connectivity index (χ1) is 8.86. The average molecular weight is 276 g/mol. The van der Waals surface area contributed by atoms with Crippen LogP contribution in [0.3, 0.4) is 0 Å². The quantitative estimate of drug-likeness (QED) is 0.862. The van der Waals surface area contributed by atoms with Gasteiger partial charge in [-0.2, -0.15) is 13.2 Å². The molecule has 1 unspecified atom stereocenters. The van der Waals surface area contributed by atoms with Crippen LogP contribution in [-0.2, 0) is 17.3 Å². The molecule has 3 nitrogen and oxygen atoms in total. The molecule has 1 aromatic carbocycles. The summed E-state index contributed by atoms with van der Waals surface area (Å²) in [5.41, 5.74) is 4.57. The molecule has 0 radical (unpaired) electrons. The van der Waals surface area contributed by atoms with Gasteiger partial charge in [-0.15, -0.1) is 0 Å². The van der Waals surface area contributed by atoms with Crippen molar-refractivity contribution in [2.45, 2.75) is 25.1 Å². The van der Waals surface area contributed by atoms with Crippen molar-refractivity contribution in [3.8, 4) is 0 Å². The summed E-state index contributed by atoms with van der Waals surface area (Å²) in [6.07, 6.45) is -3.70. The molecular formula is C12H12F4N2O. The van der Waals surface area contributed by atoms with Gasteiger partial charge in [-0.05, 0) is 30.5 Å². The van der Waals surface area contributed by atoms with E-state index < -0.39 is 17.6 Å². The summed E-state index contributed by atoms with van der Waals surface area (Å²) in [5, 5.41) is 0. The molecule has 1 atom stereocenters. The van der Waals surface area contributed by atoms with E-state index >= 15 is 0 Å². The average Bonchev–Trinajstić information content (AvgIpc) is 2.71. The van der Waals surface area contributed by atoms with E-state index in [0.717, 1.165) is 12.1 Å². The number of hydrogen-bond acceptors (Lipinski definition) is 3. The Morgan fingerprint density at radius 2 is 2.11 bits per heavy atom. The summed E-state index contributed by atoms with van der Waals surface area (Å²) >= 11 is 0. The van der Waals surface area contributed by atoms with Gasteiger partial charge in [-0.3, -0.25) is 0 Å². The smallest absolute Gasteiger partial charge is 0.419 e. The lowest BCUT2D eigenvalue weighted by Gasteiger charge is -2.10. The van der Waals surface area contributed by atoms with Crippen molar-refractivity contribution < 1.29 is 22.3 Å². The zero-order valence-corrected chi connectivity index (χ0v) is 9.88. The van der Waals surface area contributed by atoms with Crippen LogP contribution >= 0.6 is 0 Å². The maximum Gasteiger partial charge on any atom is 0.419 e. The Morgan fingerprint density at radius 1 is 1.37 bits per heavy atom. The van der Waals surface area contributed by atoms with E-state index in [1.165, 1.54) is 6.07 Å². The van der Waals surface area contributed by atoms with Crippen LogP contribution in [0.1, 0.15) is 17.5 Å². The van der Waals surface area contributed by atoms with Crippen molar-refractivity contribution in [2.24, 2.45) is 10.7 Å². The number of halogens is 4. The number of hydrogen-bond donors (Lipinski definition) is 1. The van der Waals surface area contributed by atoms with Crippen LogP contribution < -0.4 is 5.73 Å². The molecule has 7 heteroatoms. The van der Waals surface area contributed by atoms with Gasteiger partial charge in [0.1, 0.15) is 12.4 Å². The molecule has 2 N–H and O–H groups in total. The Bertz CT molecular complexity index is 499. The molecule has 0 bridgehead atoms. The van der Waals surface area contributed by atoms with Crippen molar-refractivity contribution >= 4 is 6.02 Å². The third-order valence-electron chi connectivity index (χ3n) is 2.84. The number of benzene rings is 1. The Kier molecular flexibility index (Phi) is 3.64. The number of alkyl halides is 3. The van der Waals surface area contributed by atoms with E-state index in [4.69, 9.17) is 10.5 Å². The highest BCUT2D eigenvalue weighted by atomic mass is 19.4. The zero-order valence-electron chi connectivity index (χ0n) is 9.88. The van der Waals surface area contributed by atoms with E-state index in [2.05, 4.69) is 4.99 Å². The lowest BCUT2D eigenvalue weighted by molar-refractivity contribution is -0.140. The Morgan fingerprint density at radius 3 is 2.63 bits per heavy atom. The highest BCUT2D eigenvalue weighted by molar-refractivity contribution is 5.72. The van der Waals surface area contributed by atoms with Crippen LogP contribution in [0.25, 0.3) is 0 Å². The summed E-state index contributed by atoms with van der Waals surface area (Å²) in [5.74, 6) is -1.25. The van der Waals surface area contributed by atoms with Gasteiger partial charge >= 0.3 is 6.18 Å². The molecule has 104 valence electrons. The van der Waals surface area contributed by atoms with E-state index in [0.29, 0.717) is 25.0 Å². The van der Waals surface area contributed by atoms with Gasteiger partial charge in [-0.1, -0.05) is 6.07 Å². The third kappa shape index (κ3) is 3.36. The van der Waals surface area contributed by atoms with Crippen molar-refractivity contribution in [1.29, 1.82) is 0 Å². The van der Waals surface area contributed by atoms with E-state index in [1.807, 2.05) is 0 Å². The van der Waals surface area contributed by atoms with Gasteiger partial charge in [0.25, 0.3) is 6.02 Å². The number of amidine groups is 1. The summed E-state index contributed by atoms with van der Waals surface area (Å²) in [7, 11) is 0. The van der Waals surface area contributed by atoms with Gasteiger partial charge in [0.05, 0.1) is 11.6 Å². The molecule has 0 spiro atoms. The fourth-order valence-electron chi connectivity index (χ4n) is 1.86. The van der Waals surface area contributed by atoms with Crippen LogP contribution in [-0.4, -0.2) is 18.7 Å². The lowest BCUT2D eigenvalue weighted by Crippen LogP contribution is -2.11. The second-order valence-electron chi connectivity index (χ2n) is 4.28. The molecule has 1 aromatic rings. The van der Waals surface area contributed by atoms with Crippen molar-refractivity contribution in [2.75, 3.05) is 6.61 Å². The van der Waals surface area contributed by atoms with Gasteiger partial charge in [0.15, 0.2) is 0 Å². The number of nitrogens with zero attached hydrogens (tertiary/aromatic N) is 1. The first-order valence-electron chi connectivity index (χ1n) is 5.68. The monoisotopic (exact) mass is 276 g/mol. The van der Waals surface area contributed by atoms with Gasteiger partial charge in [0, 0.05) is 0 Å². The number of ether oxygens (including phenoxy) is 1. The molecule has 2 rings (SSSR count). The second-order valence-corrected chi connectivity index (χ2v) is 4.28. The van der Waals surface area contributed by atoms with Crippen LogP contribution in [0.5, 0.6) is 0 Å². The molecular weight excluding hydrogens is 264 g/mol. The Balaban J connectivity index is 2.01. The number of nitrogens with two attached hydrogens (primary N) is 1. The van der Waals surface area contributed by atoms with Crippen LogP contribution in [0.15, 0.2) is 23.2 Å². The minimum Gasteiger partial charge on any atom is -0.463 e. The molecule has 0 saturated carbocycles. The summed E-state index contributed by atoms with van der Waals surface area (Å²) < 4.78 is 55.4. The zero-order chi connectivity index (χ0) is 14.0. The molecule has 19 heavy (non-hydrogen) atoms. The summed E-state index contributed by atoms with van der Waals surface area (Å²) in [6.45, 7) is 0.356. The van der Waals surface area contributed by atoms with Gasteiger partial charge in [0.2, 0.25) is 0 Å². The van der Waals surface area contributed by atoms with Crippen LogP contribution in [0.4, 0.5) is 17.6 Å². The highest BCUT2D eigenvalue weighted by Crippen LogP contribution is 2.31. The van der Waals surface area contributed by atoms with Crippen molar-refractivity contribution in [1.82, 2.24) is 0 Å². The summed E-state index contributed by atoms with van der Waals surface area (Å²) in [6, 6.07) is 2.93. The molecule has 0 saturated heterocycles. The maximum atomic E-state index is 13.3. The van der Waals surface area contributed by atoms with Gasteiger partial charge < -0.3 is 10.5 Å². The van der Waals surface area contributed by atoms with Crippen molar-refractivity contribution in [3.05, 3.63) is 35.1 Å². The number of rotatable bonds is 3. The predicted molar refractivity (Wildman–Crippen MR) is 61.1 cm³/mol. The van der Waals surface area contributed by atoms with E-state index in [9.17, 15) is 17.6 Å². The molecule has 1 aliphatic rings. The minimum atomic E-state index is -4.67.